The maximum absolute atomic E-state index is 12.5. The third kappa shape index (κ3) is 3.87. The molecule has 0 aliphatic rings. The maximum Gasteiger partial charge on any atom is 0.270 e. The molecule has 0 fully saturated rings. The summed E-state index contributed by atoms with van der Waals surface area (Å²) in [6, 6.07) is 5.98. The number of amides is 1. The van der Waals surface area contributed by atoms with Gasteiger partial charge >= 0.3 is 0 Å². The molecule has 122 valence electrons. The number of non-ortho nitro benzene ring substituents is 1. The van der Waals surface area contributed by atoms with Crippen molar-refractivity contribution in [3.05, 3.63) is 49.2 Å². The Morgan fingerprint density at radius 3 is 2.57 bits per heavy atom. The van der Waals surface area contributed by atoms with E-state index in [1.807, 2.05) is 50.3 Å². The molecule has 0 radical (unpaired) electrons. The summed E-state index contributed by atoms with van der Waals surface area (Å²) < 4.78 is 2.37. The molecule has 0 bridgehead atoms. The lowest BCUT2D eigenvalue weighted by atomic mass is 10.1. The zero-order valence-corrected chi connectivity index (χ0v) is 15.4. The van der Waals surface area contributed by atoms with E-state index in [1.165, 1.54) is 12.1 Å². The van der Waals surface area contributed by atoms with Gasteiger partial charge in [-0.1, -0.05) is 0 Å². The molecule has 0 aliphatic carbocycles. The fourth-order valence-corrected chi connectivity index (χ4v) is 2.66. The molecule has 0 saturated carbocycles. The van der Waals surface area contributed by atoms with E-state index in [4.69, 9.17) is 0 Å². The molecule has 0 aliphatic heterocycles. The van der Waals surface area contributed by atoms with Crippen LogP contribution in [0.2, 0.25) is 0 Å². The highest BCUT2D eigenvalue weighted by Gasteiger charge is 2.22. The molecule has 1 N–H and O–H groups in total. The average molecular weight is 428 g/mol. The van der Waals surface area contributed by atoms with Gasteiger partial charge in [-0.25, -0.2) is 4.68 Å². The van der Waals surface area contributed by atoms with Gasteiger partial charge in [0.25, 0.3) is 11.6 Å². The number of aryl methyl sites for hydroxylation is 1. The number of carbonyl (C=O) groups excluding carboxylic acids is 1. The number of hydrogen-bond donors (Lipinski definition) is 1. The van der Waals surface area contributed by atoms with Gasteiger partial charge < -0.3 is 5.32 Å². The Morgan fingerprint density at radius 2 is 2.00 bits per heavy atom. The van der Waals surface area contributed by atoms with Crippen molar-refractivity contribution in [2.75, 3.05) is 5.32 Å². The number of nitrogens with one attached hydrogen (secondary N) is 1. The zero-order valence-electron chi connectivity index (χ0n) is 13.3. The molecule has 0 unspecified atom stereocenters. The topological polar surface area (TPSA) is 90.1 Å². The molecule has 1 heterocycles. The molecule has 0 saturated heterocycles. The number of nitro benzene ring substituents is 1. The summed E-state index contributed by atoms with van der Waals surface area (Å²) in [5, 5.41) is 18.1. The van der Waals surface area contributed by atoms with Gasteiger partial charge in [0.2, 0.25) is 0 Å². The van der Waals surface area contributed by atoms with Gasteiger partial charge in [-0.15, -0.1) is 0 Å². The highest BCUT2D eigenvalue weighted by atomic mass is 127. The van der Waals surface area contributed by atoms with Crippen molar-refractivity contribution in [3.63, 3.8) is 0 Å². The van der Waals surface area contributed by atoms with Gasteiger partial charge in [0.1, 0.15) is 5.82 Å². The van der Waals surface area contributed by atoms with E-state index in [2.05, 4.69) is 10.4 Å². The van der Waals surface area contributed by atoms with E-state index in [0.717, 1.165) is 5.69 Å². The first-order chi connectivity index (χ1) is 10.6. The van der Waals surface area contributed by atoms with Crippen molar-refractivity contribution in [2.24, 2.45) is 0 Å². The minimum Gasteiger partial charge on any atom is -0.307 e. The summed E-state index contributed by atoms with van der Waals surface area (Å²) in [5.41, 5.74) is 0.631. The van der Waals surface area contributed by atoms with E-state index >= 15 is 0 Å². The number of aromatic nitrogens is 2. The van der Waals surface area contributed by atoms with Crippen LogP contribution in [0, 0.1) is 20.6 Å². The predicted molar refractivity (Wildman–Crippen MR) is 95.7 cm³/mol. The first-order valence-electron chi connectivity index (χ1n) is 6.92. The molecular weight excluding hydrogens is 411 g/mol. The van der Waals surface area contributed by atoms with Gasteiger partial charge in [-0.3, -0.25) is 14.9 Å². The van der Waals surface area contributed by atoms with E-state index in [1.54, 1.807) is 16.8 Å². The molecule has 0 atom stereocenters. The number of rotatable bonds is 3. The van der Waals surface area contributed by atoms with E-state index < -0.39 is 10.8 Å². The summed E-state index contributed by atoms with van der Waals surface area (Å²) >= 11 is 1.98. The van der Waals surface area contributed by atoms with Crippen LogP contribution in [0.5, 0.6) is 0 Å². The van der Waals surface area contributed by atoms with Gasteiger partial charge in [-0.2, -0.15) is 5.10 Å². The number of benzene rings is 1. The van der Waals surface area contributed by atoms with E-state index in [0.29, 0.717) is 9.39 Å². The molecule has 1 aromatic heterocycles. The Hall–Kier alpha value is -1.97. The minimum absolute atomic E-state index is 0.115. The lowest BCUT2D eigenvalue weighted by Crippen LogP contribution is -2.27. The SMILES string of the molecule is Cc1cc(NC(=O)c2cc([N+](=O)[O-])ccc2I)n(C(C)(C)C)n1. The van der Waals surface area contributed by atoms with Crippen molar-refractivity contribution in [2.45, 2.75) is 33.2 Å². The Kier molecular flexibility index (Phi) is 4.73. The average Bonchev–Trinajstić information content (AvgIpc) is 2.79. The second-order valence-corrected chi connectivity index (χ2v) is 7.29. The van der Waals surface area contributed by atoms with E-state index in [-0.39, 0.29) is 16.8 Å². The minimum atomic E-state index is -0.517. The van der Waals surface area contributed by atoms with Crippen molar-refractivity contribution in [1.82, 2.24) is 9.78 Å². The highest BCUT2D eigenvalue weighted by molar-refractivity contribution is 14.1. The zero-order chi connectivity index (χ0) is 17.4. The number of hydrogen-bond acceptors (Lipinski definition) is 4. The van der Waals surface area contributed by atoms with Gasteiger partial charge in [0.15, 0.2) is 0 Å². The number of anilines is 1. The standard InChI is InChI=1S/C15H17IN4O3/c1-9-7-13(19(18-9)15(2,3)4)17-14(21)11-8-10(20(22)23)5-6-12(11)16/h5-8H,1-4H3,(H,17,21). The van der Waals surface area contributed by atoms with Gasteiger partial charge in [0, 0.05) is 21.8 Å². The summed E-state index contributed by atoms with van der Waals surface area (Å²) in [6.07, 6.45) is 0. The Labute approximate surface area is 147 Å². The van der Waals surface area contributed by atoms with Crippen LogP contribution in [0.1, 0.15) is 36.8 Å². The summed E-state index contributed by atoms with van der Waals surface area (Å²) in [6.45, 7) is 7.78. The second-order valence-electron chi connectivity index (χ2n) is 6.13. The third-order valence-electron chi connectivity index (χ3n) is 3.11. The van der Waals surface area contributed by atoms with Crippen molar-refractivity contribution in [3.8, 4) is 0 Å². The first kappa shape index (κ1) is 17.4. The quantitative estimate of drug-likeness (QED) is 0.459. The van der Waals surface area contributed by atoms with Crippen LogP contribution >= 0.6 is 22.6 Å². The van der Waals surface area contributed by atoms with Crippen LogP contribution < -0.4 is 5.32 Å². The van der Waals surface area contributed by atoms with Crippen LogP contribution in [-0.2, 0) is 5.54 Å². The van der Waals surface area contributed by atoms with Crippen LogP contribution in [0.4, 0.5) is 11.5 Å². The molecule has 23 heavy (non-hydrogen) atoms. The molecule has 2 aromatic rings. The molecule has 8 heteroatoms. The van der Waals surface area contributed by atoms with Gasteiger partial charge in [0.05, 0.1) is 21.7 Å². The largest absolute Gasteiger partial charge is 0.307 e. The Bertz CT molecular complexity index is 778. The summed E-state index contributed by atoms with van der Waals surface area (Å²) in [4.78, 5) is 22.9. The predicted octanol–water partition coefficient (Wildman–Crippen LogP) is 3.71. The Morgan fingerprint density at radius 1 is 1.35 bits per heavy atom. The lowest BCUT2D eigenvalue weighted by Gasteiger charge is -2.22. The molecule has 7 nitrogen and oxygen atoms in total. The van der Waals surface area contributed by atoms with E-state index in [9.17, 15) is 14.9 Å². The number of nitro groups is 1. The third-order valence-corrected chi connectivity index (χ3v) is 4.05. The van der Waals surface area contributed by atoms with Crippen LogP contribution in [0.15, 0.2) is 24.3 Å². The maximum atomic E-state index is 12.5. The summed E-state index contributed by atoms with van der Waals surface area (Å²) in [5.74, 6) is 0.158. The second kappa shape index (κ2) is 6.26. The molecule has 2 rings (SSSR count). The molecule has 0 spiro atoms. The fraction of sp³-hybridized carbons (Fsp3) is 0.333. The fourth-order valence-electron chi connectivity index (χ4n) is 2.08. The van der Waals surface area contributed by atoms with Gasteiger partial charge in [-0.05, 0) is 56.4 Å². The molecule has 1 amide bonds. The lowest BCUT2D eigenvalue weighted by molar-refractivity contribution is -0.384. The molecule has 1 aromatic carbocycles. The number of carbonyl (C=O) groups is 1. The summed E-state index contributed by atoms with van der Waals surface area (Å²) in [7, 11) is 0. The van der Waals surface area contributed by atoms with Crippen molar-refractivity contribution < 1.29 is 9.72 Å². The number of nitrogens with zero attached hydrogens (tertiary/aromatic N) is 3. The first-order valence-corrected chi connectivity index (χ1v) is 8.00. The normalized spacial score (nSPS) is 11.3. The number of halogens is 1. The highest BCUT2D eigenvalue weighted by Crippen LogP contribution is 2.24. The van der Waals surface area contributed by atoms with Crippen molar-refractivity contribution in [1.29, 1.82) is 0 Å². The monoisotopic (exact) mass is 428 g/mol. The van der Waals surface area contributed by atoms with Crippen LogP contribution in [0.3, 0.4) is 0 Å². The van der Waals surface area contributed by atoms with Crippen LogP contribution in [-0.4, -0.2) is 20.6 Å². The van der Waals surface area contributed by atoms with Crippen molar-refractivity contribution >= 4 is 40.0 Å². The van der Waals surface area contributed by atoms with Crippen LogP contribution in [0.25, 0.3) is 0 Å². The Balaban J connectivity index is 2.37. The molecular formula is C15H17IN4O3. The smallest absolute Gasteiger partial charge is 0.270 e.